The third-order valence-electron chi connectivity index (χ3n) is 2.62. The van der Waals surface area contributed by atoms with Crippen molar-refractivity contribution in [1.29, 1.82) is 0 Å². The third kappa shape index (κ3) is 2.27. The number of aliphatic hydroxyl groups is 1. The highest BCUT2D eigenvalue weighted by atomic mass is 16.3. The van der Waals surface area contributed by atoms with Gasteiger partial charge in [0, 0.05) is 13.1 Å². The fraction of sp³-hybridized carbons (Fsp3) is 0.500. The van der Waals surface area contributed by atoms with Gasteiger partial charge in [0.05, 0.1) is 6.10 Å². The van der Waals surface area contributed by atoms with Crippen molar-refractivity contribution in [2.24, 2.45) is 5.73 Å². The monoisotopic (exact) mass is 222 g/mol. The summed E-state index contributed by atoms with van der Waals surface area (Å²) >= 11 is 0. The molecule has 3 N–H and O–H groups in total. The van der Waals surface area contributed by atoms with Crippen LogP contribution in [-0.4, -0.2) is 40.4 Å². The van der Waals surface area contributed by atoms with Gasteiger partial charge in [-0.3, -0.25) is 4.79 Å². The summed E-state index contributed by atoms with van der Waals surface area (Å²) in [6.07, 6.45) is 1.44. The Kier molecular flexibility index (Phi) is 3.00. The normalized spacial score (nSPS) is 20.8. The highest BCUT2D eigenvalue weighted by Crippen LogP contribution is 2.16. The molecular formula is C10H14N4O2. The summed E-state index contributed by atoms with van der Waals surface area (Å²) in [4.78, 5) is 12.8. The van der Waals surface area contributed by atoms with Crippen LogP contribution in [0.3, 0.4) is 0 Å². The molecule has 0 saturated carbocycles. The molecule has 1 aliphatic rings. The first-order chi connectivity index (χ1) is 7.66. The summed E-state index contributed by atoms with van der Waals surface area (Å²) in [5.41, 5.74) is 5.22. The Morgan fingerprint density at radius 3 is 2.88 bits per heavy atom. The minimum absolute atomic E-state index is 0.154. The van der Waals surface area contributed by atoms with Crippen molar-refractivity contribution in [2.45, 2.75) is 18.9 Å². The predicted octanol–water partition coefficient (Wildman–Crippen LogP) is -0.463. The maximum atomic E-state index is 10.8. The van der Waals surface area contributed by atoms with Crippen molar-refractivity contribution >= 4 is 11.7 Å². The van der Waals surface area contributed by atoms with Crippen LogP contribution in [-0.2, 0) is 0 Å². The van der Waals surface area contributed by atoms with Crippen LogP contribution in [0.15, 0.2) is 12.1 Å². The number of piperidine rings is 1. The molecule has 86 valence electrons. The lowest BCUT2D eigenvalue weighted by Gasteiger charge is -2.30. The van der Waals surface area contributed by atoms with E-state index in [1.807, 2.05) is 4.90 Å². The molecule has 2 heterocycles. The van der Waals surface area contributed by atoms with Crippen molar-refractivity contribution < 1.29 is 9.90 Å². The van der Waals surface area contributed by atoms with Gasteiger partial charge >= 0.3 is 0 Å². The number of anilines is 1. The Morgan fingerprint density at radius 1 is 1.50 bits per heavy atom. The summed E-state index contributed by atoms with van der Waals surface area (Å²) < 4.78 is 0. The van der Waals surface area contributed by atoms with E-state index >= 15 is 0 Å². The van der Waals surface area contributed by atoms with Gasteiger partial charge in [0.2, 0.25) is 0 Å². The Bertz CT molecular complexity index is 379. The quantitative estimate of drug-likeness (QED) is 0.706. The number of aromatic nitrogens is 2. The number of nitrogens with zero attached hydrogens (tertiary/aromatic N) is 3. The second-order valence-corrected chi connectivity index (χ2v) is 3.88. The molecule has 1 amide bonds. The van der Waals surface area contributed by atoms with E-state index in [-0.39, 0.29) is 11.8 Å². The minimum Gasteiger partial charge on any atom is -0.391 e. The molecule has 2 rings (SSSR count). The molecule has 1 aromatic rings. The summed E-state index contributed by atoms with van der Waals surface area (Å²) in [7, 11) is 0. The molecule has 6 heteroatoms. The van der Waals surface area contributed by atoms with Crippen molar-refractivity contribution in [3.8, 4) is 0 Å². The maximum Gasteiger partial charge on any atom is 0.269 e. The number of β-amino-alcohol motifs (C(OH)–C–C–N with tert-alkyl or cyclic N) is 1. The lowest BCUT2D eigenvalue weighted by molar-refractivity contribution is 0.0994. The summed E-state index contributed by atoms with van der Waals surface area (Å²) in [6, 6.07) is 3.25. The molecule has 6 nitrogen and oxygen atoms in total. The van der Waals surface area contributed by atoms with Gasteiger partial charge in [0.15, 0.2) is 11.5 Å². The van der Waals surface area contributed by atoms with Gasteiger partial charge < -0.3 is 15.7 Å². The van der Waals surface area contributed by atoms with Crippen LogP contribution >= 0.6 is 0 Å². The number of primary amides is 1. The van der Waals surface area contributed by atoms with Gasteiger partial charge in [-0.1, -0.05) is 0 Å². The number of aliphatic hydroxyl groups excluding tert-OH is 1. The molecule has 1 atom stereocenters. The lowest BCUT2D eigenvalue weighted by atomic mass is 10.1. The van der Waals surface area contributed by atoms with Gasteiger partial charge in [-0.2, -0.15) is 0 Å². The largest absolute Gasteiger partial charge is 0.391 e. The molecule has 1 aromatic heterocycles. The minimum atomic E-state index is -0.585. The maximum absolute atomic E-state index is 10.8. The number of rotatable bonds is 2. The first kappa shape index (κ1) is 10.8. The highest BCUT2D eigenvalue weighted by Gasteiger charge is 2.19. The summed E-state index contributed by atoms with van der Waals surface area (Å²) in [5, 5.41) is 17.2. The van der Waals surface area contributed by atoms with Crippen LogP contribution in [0, 0.1) is 0 Å². The zero-order valence-corrected chi connectivity index (χ0v) is 8.83. The summed E-state index contributed by atoms with van der Waals surface area (Å²) in [5.74, 6) is 0.0847. The van der Waals surface area contributed by atoms with E-state index in [2.05, 4.69) is 10.2 Å². The Morgan fingerprint density at radius 2 is 2.31 bits per heavy atom. The van der Waals surface area contributed by atoms with Crippen molar-refractivity contribution in [2.75, 3.05) is 18.0 Å². The number of hydrogen-bond acceptors (Lipinski definition) is 5. The zero-order valence-electron chi connectivity index (χ0n) is 8.83. The second-order valence-electron chi connectivity index (χ2n) is 3.88. The number of amides is 1. The van der Waals surface area contributed by atoms with E-state index in [4.69, 9.17) is 5.73 Å². The van der Waals surface area contributed by atoms with Crippen molar-refractivity contribution in [3.63, 3.8) is 0 Å². The molecule has 1 aliphatic heterocycles. The average Bonchev–Trinajstić information content (AvgIpc) is 2.29. The van der Waals surface area contributed by atoms with Crippen LogP contribution in [0.1, 0.15) is 23.3 Å². The smallest absolute Gasteiger partial charge is 0.269 e. The van der Waals surface area contributed by atoms with Crippen LogP contribution in [0.25, 0.3) is 0 Å². The van der Waals surface area contributed by atoms with E-state index in [1.165, 1.54) is 0 Å². The number of hydrogen-bond donors (Lipinski definition) is 2. The summed E-state index contributed by atoms with van der Waals surface area (Å²) in [6.45, 7) is 1.41. The van der Waals surface area contributed by atoms with Crippen LogP contribution in [0.2, 0.25) is 0 Å². The van der Waals surface area contributed by atoms with E-state index in [0.29, 0.717) is 12.4 Å². The van der Waals surface area contributed by atoms with E-state index in [0.717, 1.165) is 19.4 Å². The van der Waals surface area contributed by atoms with Crippen molar-refractivity contribution in [1.82, 2.24) is 10.2 Å². The Hall–Kier alpha value is -1.69. The SMILES string of the molecule is NC(=O)c1ccc(N2CCC[C@H](O)C2)nn1. The molecule has 0 unspecified atom stereocenters. The number of carbonyl (C=O) groups excluding carboxylic acids is 1. The molecule has 1 saturated heterocycles. The Labute approximate surface area is 93.1 Å². The molecule has 1 fully saturated rings. The molecule has 0 spiro atoms. The zero-order chi connectivity index (χ0) is 11.5. The van der Waals surface area contributed by atoms with Gasteiger partial charge in [-0.15, -0.1) is 10.2 Å². The van der Waals surface area contributed by atoms with E-state index in [9.17, 15) is 9.90 Å². The van der Waals surface area contributed by atoms with Crippen LogP contribution in [0.4, 0.5) is 5.82 Å². The predicted molar refractivity (Wildman–Crippen MR) is 58.0 cm³/mol. The van der Waals surface area contributed by atoms with Crippen LogP contribution < -0.4 is 10.6 Å². The topological polar surface area (TPSA) is 92.3 Å². The molecule has 0 radical (unpaired) electrons. The van der Waals surface area contributed by atoms with E-state index in [1.54, 1.807) is 12.1 Å². The second kappa shape index (κ2) is 4.44. The molecule has 0 bridgehead atoms. The van der Waals surface area contributed by atoms with Gasteiger partial charge in [0.25, 0.3) is 5.91 Å². The molecule has 0 aliphatic carbocycles. The first-order valence-electron chi connectivity index (χ1n) is 5.23. The highest BCUT2D eigenvalue weighted by molar-refractivity contribution is 5.90. The van der Waals surface area contributed by atoms with Gasteiger partial charge in [0.1, 0.15) is 0 Å². The molecular weight excluding hydrogens is 208 g/mol. The molecule has 0 aromatic carbocycles. The standard InChI is InChI=1S/C10H14N4O2/c11-10(16)8-3-4-9(13-12-8)14-5-1-2-7(15)6-14/h3-4,7,15H,1-2,5-6H2,(H2,11,16)/t7-/m0/s1. The lowest BCUT2D eigenvalue weighted by Crippen LogP contribution is -2.38. The van der Waals surface area contributed by atoms with Gasteiger partial charge in [-0.05, 0) is 25.0 Å². The average molecular weight is 222 g/mol. The van der Waals surface area contributed by atoms with Crippen molar-refractivity contribution in [3.05, 3.63) is 17.8 Å². The molecule has 16 heavy (non-hydrogen) atoms. The fourth-order valence-corrected chi connectivity index (χ4v) is 1.79. The Balaban J connectivity index is 2.11. The third-order valence-corrected chi connectivity index (χ3v) is 2.62. The number of carbonyl (C=O) groups is 1. The first-order valence-corrected chi connectivity index (χ1v) is 5.23. The van der Waals surface area contributed by atoms with Crippen LogP contribution in [0.5, 0.6) is 0 Å². The van der Waals surface area contributed by atoms with E-state index < -0.39 is 5.91 Å². The number of nitrogens with two attached hydrogens (primary N) is 1. The fourth-order valence-electron chi connectivity index (χ4n) is 1.79. The van der Waals surface area contributed by atoms with Gasteiger partial charge in [-0.25, -0.2) is 0 Å².